The zero-order valence-electron chi connectivity index (χ0n) is 30.1. The molecule has 3 heterocycles. The van der Waals surface area contributed by atoms with E-state index in [1.165, 1.54) is 29.8 Å². The van der Waals surface area contributed by atoms with Crippen LogP contribution >= 0.6 is 0 Å². The Bertz CT molecular complexity index is 1570. The van der Waals surface area contributed by atoms with Crippen LogP contribution < -0.4 is 16.0 Å². The molecule has 0 saturated carbocycles. The van der Waals surface area contributed by atoms with E-state index in [-0.39, 0.29) is 37.9 Å². The number of esters is 1. The number of carbonyl (C=O) groups excluding carboxylic acids is 7. The van der Waals surface area contributed by atoms with Crippen LogP contribution in [0.5, 0.6) is 0 Å². The van der Waals surface area contributed by atoms with Crippen molar-refractivity contribution in [2.24, 2.45) is 0 Å². The number of nitrogens with one attached hydrogen (secondary N) is 3. The van der Waals surface area contributed by atoms with E-state index in [4.69, 9.17) is 4.74 Å². The number of halogens is 2. The van der Waals surface area contributed by atoms with Crippen molar-refractivity contribution in [3.05, 3.63) is 47.5 Å². The average molecular weight is 747 g/mol. The standard InChI is InChI=1S/C36H48F2N6O9/c1-4-5-6-7-12-30(46)40-25(17-22-15-23(37)18-24(38)16-22)31(47)41-26-20-53-36(52)28-11-9-14-44(28)33(49)21(2)39-32(48)29(19-45)42(3)35(51)27-10-8-13-43(27)34(26)50/h7,12,15-16,18,21,25-29,45H,4-6,8-11,13-14,17,19-20H2,1-3H3,(H,39,48)(H,40,46)(H,41,47)/b12-7+/t21-,25-,26-,27-,28-,29-/m0/s1. The van der Waals surface area contributed by atoms with Gasteiger partial charge in [0.05, 0.1) is 6.61 Å². The minimum absolute atomic E-state index is 0.0320. The molecule has 0 spiro atoms. The van der Waals surface area contributed by atoms with Crippen molar-refractivity contribution < 1.29 is 52.2 Å². The summed E-state index contributed by atoms with van der Waals surface area (Å²) in [6, 6.07) is -5.14. The van der Waals surface area contributed by atoms with Crippen molar-refractivity contribution in [1.29, 1.82) is 0 Å². The van der Waals surface area contributed by atoms with Gasteiger partial charge in [0.2, 0.25) is 35.4 Å². The summed E-state index contributed by atoms with van der Waals surface area (Å²) in [5.74, 6) is -7.23. The fraction of sp³-hybridized carbons (Fsp3) is 0.583. The molecule has 0 aliphatic carbocycles. The number of cyclic esters (lactones) is 1. The molecule has 17 heteroatoms. The molecule has 3 fully saturated rings. The number of ether oxygens (including phenoxy) is 1. The van der Waals surface area contributed by atoms with Crippen LogP contribution in [0.3, 0.4) is 0 Å². The molecule has 3 aliphatic rings. The number of amides is 6. The average Bonchev–Trinajstić information content (AvgIpc) is 3.81. The molecule has 0 bridgehead atoms. The van der Waals surface area contributed by atoms with Gasteiger partial charge in [-0.25, -0.2) is 13.6 Å². The van der Waals surface area contributed by atoms with E-state index < -0.39 is 103 Å². The molecule has 6 amide bonds. The SMILES string of the molecule is CCCC/C=C/C(=O)N[C@@H](Cc1cc(F)cc(F)c1)C(=O)N[C@H]1COC(=O)[C@@H]2CCCN2C(=O)[C@H](C)NC(=O)[C@H](CO)N(C)C(=O)[C@@H]2CCCN2C1=O. The first-order valence-corrected chi connectivity index (χ1v) is 17.9. The van der Waals surface area contributed by atoms with Gasteiger partial charge in [0.25, 0.3) is 0 Å². The molecule has 15 nitrogen and oxygen atoms in total. The molecule has 4 rings (SSSR count). The molecule has 0 radical (unpaired) electrons. The molecule has 53 heavy (non-hydrogen) atoms. The number of hydrogen-bond acceptors (Lipinski definition) is 9. The van der Waals surface area contributed by atoms with Crippen molar-refractivity contribution in [2.75, 3.05) is 33.4 Å². The maximum absolute atomic E-state index is 14.2. The molecule has 3 saturated heterocycles. The second-order valence-corrected chi connectivity index (χ2v) is 13.5. The summed E-state index contributed by atoms with van der Waals surface area (Å²) in [5, 5.41) is 17.7. The van der Waals surface area contributed by atoms with E-state index in [1.807, 2.05) is 6.92 Å². The first kappa shape index (κ1) is 40.8. The highest BCUT2D eigenvalue weighted by Crippen LogP contribution is 2.23. The number of allylic oxidation sites excluding steroid dienone is 1. The number of hydrogen-bond donors (Lipinski definition) is 4. The van der Waals surface area contributed by atoms with E-state index in [2.05, 4.69) is 16.0 Å². The second-order valence-electron chi connectivity index (χ2n) is 13.5. The molecule has 4 N–H and O–H groups in total. The molecule has 0 aromatic heterocycles. The molecular weight excluding hydrogens is 698 g/mol. The van der Waals surface area contributed by atoms with Gasteiger partial charge in [-0.15, -0.1) is 0 Å². The molecule has 3 aliphatic heterocycles. The van der Waals surface area contributed by atoms with Crippen LogP contribution in [-0.4, -0.2) is 131 Å². The number of rotatable bonds is 10. The quantitative estimate of drug-likeness (QED) is 0.146. The van der Waals surface area contributed by atoms with Gasteiger partial charge in [-0.3, -0.25) is 28.8 Å². The van der Waals surface area contributed by atoms with Crippen LogP contribution in [0.15, 0.2) is 30.4 Å². The normalized spacial score (nSPS) is 25.2. The number of likely N-dealkylation sites (N-methyl/N-ethyl adjacent to an activating group) is 1. The summed E-state index contributed by atoms with van der Waals surface area (Å²) in [7, 11) is 1.29. The molecule has 1 aromatic rings. The highest BCUT2D eigenvalue weighted by atomic mass is 19.1. The lowest BCUT2D eigenvalue weighted by Crippen LogP contribution is -2.61. The molecule has 0 unspecified atom stereocenters. The van der Waals surface area contributed by atoms with E-state index in [9.17, 15) is 47.4 Å². The monoisotopic (exact) mass is 746 g/mol. The Morgan fingerprint density at radius 3 is 2.28 bits per heavy atom. The van der Waals surface area contributed by atoms with Gasteiger partial charge in [0, 0.05) is 32.6 Å². The number of benzene rings is 1. The van der Waals surface area contributed by atoms with Gasteiger partial charge >= 0.3 is 5.97 Å². The number of carbonyl (C=O) groups is 7. The highest BCUT2D eigenvalue weighted by molar-refractivity contribution is 5.98. The predicted molar refractivity (Wildman–Crippen MR) is 184 cm³/mol. The lowest BCUT2D eigenvalue weighted by molar-refractivity contribution is -0.158. The van der Waals surface area contributed by atoms with Gasteiger partial charge in [-0.05, 0) is 62.8 Å². The number of aliphatic hydroxyl groups excluding tert-OH is 1. The zero-order chi connectivity index (χ0) is 38.8. The number of unbranched alkanes of at least 4 members (excludes halogenated alkanes) is 2. The Labute approximate surface area is 306 Å². The van der Waals surface area contributed by atoms with Crippen LogP contribution in [-0.2, 0) is 44.7 Å². The Kier molecular flexibility index (Phi) is 14.4. The van der Waals surface area contributed by atoms with Gasteiger partial charge in [-0.2, -0.15) is 0 Å². The summed E-state index contributed by atoms with van der Waals surface area (Å²) in [6.07, 6.45) is 5.96. The van der Waals surface area contributed by atoms with Gasteiger partial charge in [0.1, 0.15) is 54.5 Å². The summed E-state index contributed by atoms with van der Waals surface area (Å²) >= 11 is 0. The Morgan fingerprint density at radius 1 is 1.00 bits per heavy atom. The van der Waals surface area contributed by atoms with Crippen LogP contribution in [0.1, 0.15) is 64.4 Å². The third-order valence-electron chi connectivity index (χ3n) is 9.64. The maximum Gasteiger partial charge on any atom is 0.328 e. The summed E-state index contributed by atoms with van der Waals surface area (Å²) in [5.41, 5.74) is 0.0320. The van der Waals surface area contributed by atoms with Crippen molar-refractivity contribution in [3.8, 4) is 0 Å². The summed E-state index contributed by atoms with van der Waals surface area (Å²) in [6.45, 7) is 2.12. The van der Waals surface area contributed by atoms with E-state index in [1.54, 1.807) is 6.08 Å². The fourth-order valence-corrected chi connectivity index (χ4v) is 6.77. The third-order valence-corrected chi connectivity index (χ3v) is 9.64. The van der Waals surface area contributed by atoms with E-state index in [0.717, 1.165) is 29.9 Å². The number of fused-ring (bicyclic) bond motifs is 2. The van der Waals surface area contributed by atoms with Crippen molar-refractivity contribution in [1.82, 2.24) is 30.7 Å². The van der Waals surface area contributed by atoms with Gasteiger partial charge in [0.15, 0.2) is 0 Å². The van der Waals surface area contributed by atoms with E-state index in [0.29, 0.717) is 25.3 Å². The molecule has 1 aromatic carbocycles. The number of nitrogens with zero attached hydrogens (tertiary/aromatic N) is 3. The predicted octanol–water partition coefficient (Wildman–Crippen LogP) is 0.0861. The first-order valence-electron chi connectivity index (χ1n) is 17.9. The lowest BCUT2D eigenvalue weighted by atomic mass is 10.0. The summed E-state index contributed by atoms with van der Waals surface area (Å²) in [4.78, 5) is 98.2. The van der Waals surface area contributed by atoms with Crippen molar-refractivity contribution >= 4 is 41.4 Å². The van der Waals surface area contributed by atoms with Gasteiger partial charge < -0.3 is 40.5 Å². The Hall–Kier alpha value is -4.93. The van der Waals surface area contributed by atoms with Crippen LogP contribution in [0.2, 0.25) is 0 Å². The minimum Gasteiger partial charge on any atom is -0.461 e. The second kappa shape index (κ2) is 18.7. The summed E-state index contributed by atoms with van der Waals surface area (Å²) < 4.78 is 33.8. The van der Waals surface area contributed by atoms with Crippen LogP contribution in [0.25, 0.3) is 0 Å². The zero-order valence-corrected chi connectivity index (χ0v) is 30.1. The lowest BCUT2D eigenvalue weighted by Gasteiger charge is -2.35. The maximum atomic E-state index is 14.2. The Morgan fingerprint density at radius 2 is 1.64 bits per heavy atom. The fourth-order valence-electron chi connectivity index (χ4n) is 6.77. The largest absolute Gasteiger partial charge is 0.461 e. The Balaban J connectivity index is 1.67. The first-order chi connectivity index (χ1) is 25.2. The highest BCUT2D eigenvalue weighted by Gasteiger charge is 2.44. The van der Waals surface area contributed by atoms with Gasteiger partial charge in [-0.1, -0.05) is 25.8 Å². The smallest absolute Gasteiger partial charge is 0.328 e. The van der Waals surface area contributed by atoms with Crippen molar-refractivity contribution in [3.63, 3.8) is 0 Å². The molecule has 290 valence electrons. The van der Waals surface area contributed by atoms with Crippen LogP contribution in [0.4, 0.5) is 8.78 Å². The topological polar surface area (TPSA) is 195 Å². The molecular formula is C36H48F2N6O9. The molecule has 6 atom stereocenters. The van der Waals surface area contributed by atoms with E-state index >= 15 is 0 Å². The third kappa shape index (κ3) is 10.4. The number of aliphatic hydroxyl groups is 1. The minimum atomic E-state index is -1.61. The van der Waals surface area contributed by atoms with Crippen molar-refractivity contribution in [2.45, 2.75) is 101 Å². The van der Waals surface area contributed by atoms with Crippen LogP contribution in [0, 0.1) is 11.6 Å².